The summed E-state index contributed by atoms with van der Waals surface area (Å²) in [5.74, 6) is -4.54. The third-order valence-electron chi connectivity index (χ3n) is 10.3. The molecule has 2 aliphatic rings. The minimum atomic E-state index is -5.08. The number of methoxy groups -OCH3 is 1. The van der Waals surface area contributed by atoms with Gasteiger partial charge in [0.1, 0.15) is 5.75 Å². The van der Waals surface area contributed by atoms with Crippen molar-refractivity contribution in [2.24, 2.45) is 5.73 Å². The Balaban J connectivity index is 0.000000521. The van der Waals surface area contributed by atoms with Gasteiger partial charge in [-0.2, -0.15) is 31.4 Å². The summed E-state index contributed by atoms with van der Waals surface area (Å²) >= 11 is 0. The second-order valence-electron chi connectivity index (χ2n) is 14.5. The topological polar surface area (TPSA) is 201 Å². The molecule has 0 radical (unpaired) electrons. The number of carbonyl (C=O) groups is 3. The Labute approximate surface area is 354 Å². The van der Waals surface area contributed by atoms with E-state index in [1.165, 1.54) is 0 Å². The third kappa shape index (κ3) is 12.3. The van der Waals surface area contributed by atoms with Crippen LogP contribution in [0.25, 0.3) is 11.4 Å². The number of benzene rings is 2. The summed E-state index contributed by atoms with van der Waals surface area (Å²) < 4.78 is 71.2. The fraction of sp³-hybridized carbons (Fsp3) is 0.463. The third-order valence-corrected chi connectivity index (χ3v) is 10.3. The lowest BCUT2D eigenvalue weighted by molar-refractivity contribution is -0.193. The highest BCUT2D eigenvalue weighted by Crippen LogP contribution is 2.37. The molecule has 1 aliphatic heterocycles. The molecule has 1 amide bonds. The van der Waals surface area contributed by atoms with E-state index < -0.39 is 24.3 Å². The van der Waals surface area contributed by atoms with Crippen LogP contribution in [-0.2, 0) is 41.8 Å². The Morgan fingerprint density at radius 1 is 0.952 bits per heavy atom. The van der Waals surface area contributed by atoms with Crippen LogP contribution in [0, 0.1) is 0 Å². The Morgan fingerprint density at radius 2 is 1.55 bits per heavy atom. The highest BCUT2D eigenvalue weighted by molar-refractivity contribution is 6.05. The smallest absolute Gasteiger partial charge is 0.490 e. The number of hydrogen-bond acceptors (Lipinski definition) is 11. The summed E-state index contributed by atoms with van der Waals surface area (Å²) in [6.45, 7) is 7.08. The zero-order chi connectivity index (χ0) is 45.9. The minimum absolute atomic E-state index is 0.204. The molecule has 1 saturated heterocycles. The average Bonchev–Trinajstić information content (AvgIpc) is 3.47. The van der Waals surface area contributed by atoms with Crippen LogP contribution in [0.2, 0.25) is 0 Å². The molecule has 6 rings (SSSR count). The van der Waals surface area contributed by atoms with E-state index >= 15 is 0 Å². The number of piperidine rings is 1. The number of aromatic nitrogens is 4. The van der Waals surface area contributed by atoms with E-state index in [1.807, 2.05) is 16.9 Å². The number of ether oxygens (including phenoxy) is 1. The summed E-state index contributed by atoms with van der Waals surface area (Å²) in [5, 5.41) is 25.7. The Bertz CT molecular complexity index is 2140. The predicted molar refractivity (Wildman–Crippen MR) is 220 cm³/mol. The fourth-order valence-electron chi connectivity index (χ4n) is 7.09. The number of nitrogens with one attached hydrogen (secondary N) is 2. The Morgan fingerprint density at radius 3 is 2.06 bits per heavy atom. The number of rotatable bonds is 11. The van der Waals surface area contributed by atoms with Crippen LogP contribution >= 0.6 is 0 Å². The van der Waals surface area contributed by atoms with E-state index in [0.717, 1.165) is 108 Å². The van der Waals surface area contributed by atoms with Crippen molar-refractivity contribution in [2.45, 2.75) is 83.7 Å². The number of nitrogens with two attached hydrogens (primary N) is 1. The zero-order valence-electron chi connectivity index (χ0n) is 35.0. The maximum absolute atomic E-state index is 13.9. The molecule has 0 atom stereocenters. The number of halogens is 6. The maximum atomic E-state index is 13.9. The summed E-state index contributed by atoms with van der Waals surface area (Å²) in [4.78, 5) is 46.2. The lowest BCUT2D eigenvalue weighted by Gasteiger charge is -2.36. The number of aliphatic carboxylic acids is 2. The molecule has 2 aromatic carbocycles. The molecule has 338 valence electrons. The maximum Gasteiger partial charge on any atom is 0.490 e. The van der Waals surface area contributed by atoms with Gasteiger partial charge in [0.2, 0.25) is 5.95 Å². The SMILES string of the molecule is CCc1cccc(CC)c1NC(=O)c1nn(CCN)c2c1CCCc1cnc(Nc3ccc(N4CCC(N(C)C)CC4)cc3OC)nc1-2.O=C(O)C(F)(F)F.O=C(O)C(F)(F)F. The molecular weight excluding hydrogens is 828 g/mol. The molecule has 6 N–H and O–H groups in total. The molecule has 0 bridgehead atoms. The van der Waals surface area contributed by atoms with Crippen LogP contribution in [0.1, 0.15) is 65.9 Å². The molecule has 62 heavy (non-hydrogen) atoms. The van der Waals surface area contributed by atoms with Crippen LogP contribution in [0.3, 0.4) is 0 Å². The van der Waals surface area contributed by atoms with Crippen LogP contribution in [-0.4, -0.2) is 112 Å². The number of fused-ring (bicyclic) bond motifs is 3. The highest BCUT2D eigenvalue weighted by atomic mass is 19.4. The van der Waals surface area contributed by atoms with Crippen molar-refractivity contribution < 1.29 is 55.7 Å². The second kappa shape index (κ2) is 21.2. The Kier molecular flexibility index (Phi) is 16.7. The first-order valence-corrected chi connectivity index (χ1v) is 19.8. The van der Waals surface area contributed by atoms with Gasteiger partial charge >= 0.3 is 24.3 Å². The van der Waals surface area contributed by atoms with Gasteiger partial charge in [0.25, 0.3) is 5.91 Å². The first-order chi connectivity index (χ1) is 29.2. The molecule has 15 nitrogen and oxygen atoms in total. The number of carboxylic acid groups (broad SMARTS) is 2. The van der Waals surface area contributed by atoms with Crippen molar-refractivity contribution in [2.75, 3.05) is 56.4 Å². The number of amides is 1. The molecular formula is C41H51F6N9O6. The number of carboxylic acids is 2. The number of carbonyl (C=O) groups excluding carboxylic acids is 1. The van der Waals surface area contributed by atoms with Crippen LogP contribution in [0.15, 0.2) is 42.6 Å². The lowest BCUT2D eigenvalue weighted by atomic mass is 10.0. The van der Waals surface area contributed by atoms with Gasteiger partial charge in [-0.3, -0.25) is 9.48 Å². The summed E-state index contributed by atoms with van der Waals surface area (Å²) in [6, 6.07) is 13.1. The Hall–Kier alpha value is -5.96. The van der Waals surface area contributed by atoms with E-state index in [9.17, 15) is 31.1 Å². The standard InChI is InChI=1S/C37H49N9O2.2C2HF3O2/c1-6-24-10-8-11-25(7-2)32(24)41-36(47)34-29-13-9-12-26-23-39-37(42-33(26)35(29)46(43-34)21-18-38)40-30-15-14-28(22-31(30)48-5)45-19-16-27(17-20-45)44(3)4;2*3-2(4,5)1(6)7/h8,10-11,14-15,22-23,27H,6-7,9,12-13,16-21,38H2,1-5H3,(H,41,47)(H,39,40,42);2*(H,6,7). The minimum Gasteiger partial charge on any atom is -0.494 e. The second-order valence-corrected chi connectivity index (χ2v) is 14.5. The van der Waals surface area contributed by atoms with Crippen LogP contribution in [0.4, 0.5) is 49.4 Å². The van der Waals surface area contributed by atoms with E-state index in [0.29, 0.717) is 37.2 Å². The monoisotopic (exact) mass is 879 g/mol. The molecule has 4 aromatic rings. The van der Waals surface area contributed by atoms with Gasteiger partial charge in [-0.15, -0.1) is 0 Å². The van der Waals surface area contributed by atoms with Crippen molar-refractivity contribution in [3.05, 3.63) is 70.5 Å². The first-order valence-electron chi connectivity index (χ1n) is 19.8. The van der Waals surface area contributed by atoms with Gasteiger partial charge in [-0.1, -0.05) is 32.0 Å². The quantitative estimate of drug-likeness (QED) is 0.0997. The number of alkyl halides is 6. The summed E-state index contributed by atoms with van der Waals surface area (Å²) in [7, 11) is 6.01. The molecule has 1 aliphatic carbocycles. The first kappa shape index (κ1) is 48.7. The summed E-state index contributed by atoms with van der Waals surface area (Å²) in [5.41, 5.74) is 15.1. The van der Waals surface area contributed by atoms with E-state index in [-0.39, 0.29) is 5.91 Å². The average molecular weight is 880 g/mol. The molecule has 21 heteroatoms. The largest absolute Gasteiger partial charge is 0.494 e. The summed E-state index contributed by atoms with van der Waals surface area (Å²) in [6.07, 6.45) is -1.99. The highest BCUT2D eigenvalue weighted by Gasteiger charge is 2.39. The van der Waals surface area contributed by atoms with Gasteiger partial charge in [0.05, 0.1) is 30.7 Å². The van der Waals surface area contributed by atoms with Gasteiger partial charge < -0.3 is 41.1 Å². The van der Waals surface area contributed by atoms with Crippen LogP contribution < -0.4 is 26.0 Å². The van der Waals surface area contributed by atoms with Crippen molar-refractivity contribution in [1.82, 2.24) is 24.6 Å². The zero-order valence-corrected chi connectivity index (χ0v) is 35.0. The number of aryl methyl sites for hydroxylation is 3. The lowest BCUT2D eigenvalue weighted by Crippen LogP contribution is -2.41. The molecule has 0 spiro atoms. The van der Waals surface area contributed by atoms with Crippen molar-refractivity contribution in [3.63, 3.8) is 0 Å². The molecule has 0 saturated carbocycles. The van der Waals surface area contributed by atoms with Crippen molar-refractivity contribution in [1.29, 1.82) is 0 Å². The molecule has 3 heterocycles. The van der Waals surface area contributed by atoms with Gasteiger partial charge in [-0.25, -0.2) is 19.6 Å². The molecule has 2 aromatic heterocycles. The number of para-hydroxylation sites is 1. The van der Waals surface area contributed by atoms with E-state index in [2.05, 4.69) is 78.7 Å². The van der Waals surface area contributed by atoms with E-state index in [4.69, 9.17) is 45.3 Å². The van der Waals surface area contributed by atoms with Gasteiger partial charge in [0, 0.05) is 54.9 Å². The number of hydrogen-bond donors (Lipinski definition) is 5. The number of nitrogens with zero attached hydrogens (tertiary/aromatic N) is 6. The van der Waals surface area contributed by atoms with E-state index in [1.54, 1.807) is 7.11 Å². The van der Waals surface area contributed by atoms with Crippen molar-refractivity contribution >= 4 is 40.9 Å². The van der Waals surface area contributed by atoms with Crippen molar-refractivity contribution in [3.8, 4) is 17.1 Å². The molecule has 1 fully saturated rings. The fourth-order valence-corrected chi connectivity index (χ4v) is 7.09. The molecule has 0 unspecified atom stereocenters. The van der Waals surface area contributed by atoms with Gasteiger partial charge in [-0.05, 0) is 87.9 Å². The van der Waals surface area contributed by atoms with Gasteiger partial charge in [0.15, 0.2) is 5.69 Å². The predicted octanol–water partition coefficient (Wildman–Crippen LogP) is 6.71. The van der Waals surface area contributed by atoms with Crippen LogP contribution in [0.5, 0.6) is 5.75 Å². The number of anilines is 4. The normalized spacial score (nSPS) is 14.0.